The van der Waals surface area contributed by atoms with E-state index in [1.165, 1.54) is 38.3 Å². The maximum Gasteiger partial charge on any atom is 0.471 e. The zero-order valence-electron chi connectivity index (χ0n) is 27.2. The Morgan fingerprint density at radius 2 is 1.59 bits per heavy atom. The van der Waals surface area contributed by atoms with Crippen LogP contribution in [0.25, 0.3) is 0 Å². The van der Waals surface area contributed by atoms with Crippen molar-refractivity contribution in [3.63, 3.8) is 0 Å². The molecule has 6 atom stereocenters. The van der Waals surface area contributed by atoms with E-state index in [9.17, 15) is 47.7 Å². The molecule has 0 bridgehead atoms. The maximum atomic E-state index is 13.7. The van der Waals surface area contributed by atoms with Gasteiger partial charge in [0.2, 0.25) is 0 Å². The molecule has 270 valence electrons. The number of nitrogens with one attached hydrogen (secondary N) is 2. The molecular formula is C35H33F3N2O11. The third kappa shape index (κ3) is 6.87. The molecule has 1 fully saturated rings. The summed E-state index contributed by atoms with van der Waals surface area (Å²) in [5.74, 6) is -5.20. The molecule has 16 heteroatoms. The van der Waals surface area contributed by atoms with Crippen molar-refractivity contribution in [2.75, 3.05) is 19.0 Å². The summed E-state index contributed by atoms with van der Waals surface area (Å²) in [5.41, 5.74) is -3.06. The van der Waals surface area contributed by atoms with Crippen LogP contribution in [0.5, 0.6) is 11.5 Å². The first-order valence-electron chi connectivity index (χ1n) is 15.8. The van der Waals surface area contributed by atoms with Crippen molar-refractivity contribution in [2.45, 2.75) is 68.6 Å². The lowest BCUT2D eigenvalue weighted by Gasteiger charge is -2.44. The van der Waals surface area contributed by atoms with Gasteiger partial charge < -0.3 is 39.6 Å². The lowest BCUT2D eigenvalue weighted by atomic mass is 9.73. The third-order valence-electron chi connectivity index (χ3n) is 9.18. The highest BCUT2D eigenvalue weighted by Gasteiger charge is 2.49. The van der Waals surface area contributed by atoms with Crippen molar-refractivity contribution < 1.29 is 66.6 Å². The standard InChI is InChI=1S/C35H33F3N2O11/c1-16-31(48-2)21(40-32(45)35(36,37)38)12-23(50-16)51-22-14-34(47,15-49-33(46)39-17-8-4-3-5-9-17)13-20-24(22)30(44)26-25(29(20)43)27(41)18-10-6-7-11-19(18)28(26)42/h3-11,16,21-23,31,43-44,47H,12-15H2,1-2H3,(H,39,46)(H,40,45)/t16-,21-,22-,23-,31-,34-/m0/s1. The lowest BCUT2D eigenvalue weighted by molar-refractivity contribution is -0.255. The number of anilines is 1. The Morgan fingerprint density at radius 3 is 2.20 bits per heavy atom. The van der Waals surface area contributed by atoms with Gasteiger partial charge in [0.25, 0.3) is 0 Å². The Balaban J connectivity index is 1.37. The number of rotatable bonds is 7. The van der Waals surface area contributed by atoms with Crippen LogP contribution in [-0.4, -0.2) is 88.9 Å². The molecular weight excluding hydrogens is 681 g/mol. The van der Waals surface area contributed by atoms with Gasteiger partial charge in [0, 0.05) is 54.3 Å². The highest BCUT2D eigenvalue weighted by Crippen LogP contribution is 2.52. The van der Waals surface area contributed by atoms with E-state index in [0.29, 0.717) is 5.69 Å². The van der Waals surface area contributed by atoms with Gasteiger partial charge in [-0.15, -0.1) is 0 Å². The number of carbonyl (C=O) groups excluding carboxylic acids is 4. The number of methoxy groups -OCH3 is 1. The number of ether oxygens (including phenoxy) is 4. The van der Waals surface area contributed by atoms with Crippen molar-refractivity contribution in [1.82, 2.24) is 5.32 Å². The van der Waals surface area contributed by atoms with E-state index in [1.54, 1.807) is 30.3 Å². The second-order valence-electron chi connectivity index (χ2n) is 12.6. The zero-order valence-corrected chi connectivity index (χ0v) is 27.2. The minimum absolute atomic E-state index is 0.0197. The Bertz CT molecular complexity index is 1890. The zero-order chi connectivity index (χ0) is 36.8. The number of aliphatic hydroxyl groups is 1. The number of hydrogen-bond acceptors (Lipinski definition) is 11. The number of hydrogen-bond donors (Lipinski definition) is 5. The van der Waals surface area contributed by atoms with Gasteiger partial charge >= 0.3 is 18.2 Å². The van der Waals surface area contributed by atoms with Crippen LogP contribution in [0, 0.1) is 0 Å². The minimum Gasteiger partial charge on any atom is -0.507 e. The van der Waals surface area contributed by atoms with Gasteiger partial charge in [0.1, 0.15) is 29.8 Å². The summed E-state index contributed by atoms with van der Waals surface area (Å²) in [6.45, 7) is 0.790. The third-order valence-corrected chi connectivity index (χ3v) is 9.18. The summed E-state index contributed by atoms with van der Waals surface area (Å²) in [7, 11) is 1.23. The highest BCUT2D eigenvalue weighted by atomic mass is 19.4. The van der Waals surface area contributed by atoms with E-state index >= 15 is 0 Å². The molecule has 0 aromatic heterocycles. The number of amides is 2. The second kappa shape index (κ2) is 13.6. The maximum absolute atomic E-state index is 13.7. The van der Waals surface area contributed by atoms with Crippen LogP contribution >= 0.6 is 0 Å². The molecule has 0 saturated carbocycles. The van der Waals surface area contributed by atoms with E-state index < -0.39 is 114 Å². The van der Waals surface area contributed by atoms with Crippen molar-refractivity contribution in [2.24, 2.45) is 0 Å². The first-order valence-corrected chi connectivity index (χ1v) is 15.8. The molecule has 6 rings (SSSR count). The van der Waals surface area contributed by atoms with Crippen molar-refractivity contribution in [3.8, 4) is 11.5 Å². The van der Waals surface area contributed by atoms with Gasteiger partial charge in [-0.1, -0.05) is 42.5 Å². The van der Waals surface area contributed by atoms with E-state index in [1.807, 2.05) is 5.32 Å². The number of halogens is 3. The van der Waals surface area contributed by atoms with Gasteiger partial charge in [-0.2, -0.15) is 13.2 Å². The fraction of sp³-hybridized carbons (Fsp3) is 0.371. The largest absolute Gasteiger partial charge is 0.507 e. The number of benzene rings is 3. The molecule has 13 nitrogen and oxygen atoms in total. The first kappa shape index (κ1) is 35.8. The smallest absolute Gasteiger partial charge is 0.471 e. The molecule has 3 aromatic carbocycles. The molecule has 51 heavy (non-hydrogen) atoms. The molecule has 1 saturated heterocycles. The van der Waals surface area contributed by atoms with Gasteiger partial charge in [-0.3, -0.25) is 19.7 Å². The van der Waals surface area contributed by atoms with Crippen LogP contribution in [0.4, 0.5) is 23.7 Å². The average molecular weight is 715 g/mol. The molecule has 0 spiro atoms. The molecule has 0 radical (unpaired) electrons. The molecule has 1 aliphatic heterocycles. The Hall–Kier alpha value is -5.03. The monoisotopic (exact) mass is 714 g/mol. The van der Waals surface area contributed by atoms with Gasteiger partial charge in [0.15, 0.2) is 17.9 Å². The number of para-hydroxylation sites is 1. The first-order chi connectivity index (χ1) is 24.1. The number of phenolic OH excluding ortho intramolecular Hbond substituents is 2. The number of carbonyl (C=O) groups is 4. The molecule has 5 N–H and O–H groups in total. The predicted molar refractivity (Wildman–Crippen MR) is 169 cm³/mol. The Morgan fingerprint density at radius 1 is 0.980 bits per heavy atom. The van der Waals surface area contributed by atoms with Crippen LogP contribution in [0.15, 0.2) is 54.6 Å². The highest BCUT2D eigenvalue weighted by molar-refractivity contribution is 6.30. The van der Waals surface area contributed by atoms with Crippen molar-refractivity contribution in [1.29, 1.82) is 0 Å². The quantitative estimate of drug-likeness (QED) is 0.174. The van der Waals surface area contributed by atoms with Gasteiger partial charge in [-0.05, 0) is 19.1 Å². The van der Waals surface area contributed by atoms with Crippen LogP contribution in [0.3, 0.4) is 0 Å². The summed E-state index contributed by atoms with van der Waals surface area (Å²) >= 11 is 0. The fourth-order valence-electron chi connectivity index (χ4n) is 6.92. The lowest BCUT2D eigenvalue weighted by Crippen LogP contribution is -2.58. The van der Waals surface area contributed by atoms with Crippen molar-refractivity contribution in [3.05, 3.63) is 88.0 Å². The van der Waals surface area contributed by atoms with E-state index in [4.69, 9.17) is 18.9 Å². The molecule has 0 unspecified atom stereocenters. The van der Waals surface area contributed by atoms with Crippen molar-refractivity contribution >= 4 is 29.3 Å². The summed E-state index contributed by atoms with van der Waals surface area (Å²) in [6.07, 6.45) is -12.3. The number of ketones is 2. The van der Waals surface area contributed by atoms with Crippen LogP contribution < -0.4 is 10.6 Å². The Labute approximate surface area is 288 Å². The summed E-state index contributed by atoms with van der Waals surface area (Å²) < 4.78 is 62.3. The Kier molecular flexibility index (Phi) is 9.54. The molecule has 1 heterocycles. The van der Waals surface area contributed by atoms with E-state index in [0.717, 1.165) is 0 Å². The van der Waals surface area contributed by atoms with Crippen LogP contribution in [0.1, 0.15) is 68.8 Å². The van der Waals surface area contributed by atoms with Gasteiger partial charge in [-0.25, -0.2) is 4.79 Å². The molecule has 2 aliphatic carbocycles. The summed E-state index contributed by atoms with van der Waals surface area (Å²) in [5, 5.41) is 39.5. The fourth-order valence-corrected chi connectivity index (χ4v) is 6.92. The van der Waals surface area contributed by atoms with E-state index in [-0.39, 0.29) is 22.3 Å². The summed E-state index contributed by atoms with van der Waals surface area (Å²) in [6, 6.07) is 12.8. The summed E-state index contributed by atoms with van der Waals surface area (Å²) in [4.78, 5) is 51.8. The predicted octanol–water partition coefficient (Wildman–Crippen LogP) is 4.05. The number of phenols is 2. The topological polar surface area (TPSA) is 190 Å². The molecule has 2 amide bonds. The average Bonchev–Trinajstić information content (AvgIpc) is 3.07. The minimum atomic E-state index is -5.20. The molecule has 3 aliphatic rings. The SMILES string of the molecule is CO[C@@H]1[C@@H](NC(=O)C(F)(F)F)C[C@H](O[C@H]2C[C@](O)(COC(=O)Nc3ccccc3)Cc3c(O)c4c(c(O)c32)C(=O)c2ccccc2C4=O)O[C@H]1C. The number of alkyl halides is 3. The van der Waals surface area contributed by atoms with Crippen LogP contribution in [-0.2, 0) is 30.2 Å². The normalized spacial score (nSPS) is 25.6. The van der Waals surface area contributed by atoms with Crippen LogP contribution in [0.2, 0.25) is 0 Å². The van der Waals surface area contributed by atoms with E-state index in [2.05, 4.69) is 5.32 Å². The molecule has 3 aromatic rings. The number of fused-ring (bicyclic) bond motifs is 3. The van der Waals surface area contributed by atoms with Gasteiger partial charge in [0.05, 0.1) is 29.4 Å². The number of aromatic hydroxyl groups is 2. The second-order valence-corrected chi connectivity index (χ2v) is 12.6.